The van der Waals surface area contributed by atoms with Gasteiger partial charge in [0.1, 0.15) is 0 Å². The summed E-state index contributed by atoms with van der Waals surface area (Å²) in [5, 5.41) is 6.88. The Morgan fingerprint density at radius 1 is 1.22 bits per heavy atom. The number of ether oxygens (including phenoxy) is 1. The molecule has 1 aliphatic heterocycles. The van der Waals surface area contributed by atoms with Gasteiger partial charge in [0, 0.05) is 32.8 Å². The molecule has 0 aliphatic carbocycles. The lowest BCUT2D eigenvalue weighted by Gasteiger charge is -2.27. The maximum atomic E-state index is 5.64. The predicted molar refractivity (Wildman–Crippen MR) is 77.1 cm³/mol. The molecular formula is C14H31N3O. The van der Waals surface area contributed by atoms with Gasteiger partial charge in [-0.2, -0.15) is 0 Å². The van der Waals surface area contributed by atoms with Crippen molar-refractivity contribution in [1.29, 1.82) is 0 Å². The van der Waals surface area contributed by atoms with Crippen LogP contribution in [0.1, 0.15) is 33.1 Å². The summed E-state index contributed by atoms with van der Waals surface area (Å²) in [6.07, 6.45) is 3.90. The van der Waals surface area contributed by atoms with Crippen LogP contribution in [0, 0.1) is 0 Å². The van der Waals surface area contributed by atoms with Crippen molar-refractivity contribution in [1.82, 2.24) is 15.5 Å². The predicted octanol–water partition coefficient (Wildman–Crippen LogP) is 1.08. The smallest absolute Gasteiger partial charge is 0.0544 e. The van der Waals surface area contributed by atoms with E-state index in [-0.39, 0.29) is 0 Å². The van der Waals surface area contributed by atoms with Crippen molar-refractivity contribution < 1.29 is 4.74 Å². The van der Waals surface area contributed by atoms with Crippen molar-refractivity contribution in [3.8, 4) is 0 Å². The first-order chi connectivity index (χ1) is 8.83. The molecule has 0 aromatic rings. The van der Waals surface area contributed by atoms with E-state index in [1.165, 1.54) is 26.1 Å². The molecule has 0 aromatic carbocycles. The Kier molecular flexibility index (Phi) is 9.48. The van der Waals surface area contributed by atoms with Crippen LogP contribution in [-0.2, 0) is 4.74 Å². The molecule has 1 atom stereocenters. The Bertz CT molecular complexity index is 184. The molecule has 1 fully saturated rings. The number of piperazine rings is 1. The Hall–Kier alpha value is -0.160. The van der Waals surface area contributed by atoms with Gasteiger partial charge in [0.25, 0.3) is 0 Å². The van der Waals surface area contributed by atoms with E-state index in [2.05, 4.69) is 29.4 Å². The Morgan fingerprint density at radius 2 is 1.94 bits per heavy atom. The maximum Gasteiger partial charge on any atom is 0.0544 e. The highest BCUT2D eigenvalue weighted by Gasteiger charge is 2.07. The van der Waals surface area contributed by atoms with Gasteiger partial charge in [0.2, 0.25) is 0 Å². The minimum absolute atomic E-state index is 0.415. The lowest BCUT2D eigenvalue weighted by atomic mass is 10.3. The topological polar surface area (TPSA) is 36.5 Å². The highest BCUT2D eigenvalue weighted by atomic mass is 16.5. The molecule has 0 spiro atoms. The van der Waals surface area contributed by atoms with E-state index in [9.17, 15) is 0 Å². The molecule has 1 rings (SSSR count). The van der Waals surface area contributed by atoms with Crippen LogP contribution in [0.2, 0.25) is 0 Å². The van der Waals surface area contributed by atoms with Gasteiger partial charge < -0.3 is 20.3 Å². The number of hydrogen-bond acceptors (Lipinski definition) is 4. The number of nitrogens with one attached hydrogen (secondary N) is 2. The molecule has 4 heteroatoms. The molecule has 0 radical (unpaired) electrons. The Labute approximate surface area is 112 Å². The van der Waals surface area contributed by atoms with Crippen molar-refractivity contribution in [2.45, 2.75) is 39.2 Å². The monoisotopic (exact) mass is 257 g/mol. The first-order valence-electron chi connectivity index (χ1n) is 7.58. The quantitative estimate of drug-likeness (QED) is 0.574. The van der Waals surface area contributed by atoms with Crippen LogP contribution in [0.15, 0.2) is 0 Å². The second-order valence-corrected chi connectivity index (χ2v) is 5.14. The van der Waals surface area contributed by atoms with Crippen molar-refractivity contribution in [2.24, 2.45) is 0 Å². The summed E-state index contributed by atoms with van der Waals surface area (Å²) in [5.41, 5.74) is 0. The van der Waals surface area contributed by atoms with Gasteiger partial charge in [0.15, 0.2) is 0 Å². The minimum atomic E-state index is 0.415. The number of hydrogen-bond donors (Lipinski definition) is 2. The van der Waals surface area contributed by atoms with Gasteiger partial charge in [-0.05, 0) is 45.8 Å². The minimum Gasteiger partial charge on any atom is -0.378 e. The third-order valence-corrected chi connectivity index (χ3v) is 3.51. The highest BCUT2D eigenvalue weighted by Crippen LogP contribution is 1.96. The molecule has 1 aliphatic rings. The van der Waals surface area contributed by atoms with Crippen LogP contribution in [0.4, 0.5) is 0 Å². The first-order valence-corrected chi connectivity index (χ1v) is 7.58. The van der Waals surface area contributed by atoms with Gasteiger partial charge in [-0.1, -0.05) is 6.92 Å². The lowest BCUT2D eigenvalue weighted by Crippen LogP contribution is -2.44. The largest absolute Gasteiger partial charge is 0.378 e. The van der Waals surface area contributed by atoms with Crippen LogP contribution in [-0.4, -0.2) is 63.4 Å². The van der Waals surface area contributed by atoms with E-state index in [1.807, 2.05) is 0 Å². The van der Waals surface area contributed by atoms with Crippen LogP contribution >= 0.6 is 0 Å². The molecule has 1 unspecified atom stereocenters. The van der Waals surface area contributed by atoms with Gasteiger partial charge in [-0.3, -0.25) is 0 Å². The molecule has 108 valence electrons. The fourth-order valence-corrected chi connectivity index (χ4v) is 2.09. The molecule has 18 heavy (non-hydrogen) atoms. The lowest BCUT2D eigenvalue weighted by molar-refractivity contribution is 0.0620. The molecule has 0 saturated carbocycles. The normalized spacial score (nSPS) is 19.0. The van der Waals surface area contributed by atoms with Crippen LogP contribution in [0.3, 0.4) is 0 Å². The SMILES string of the molecule is CCC(C)OCCCNCCCN1CCNCC1. The molecular weight excluding hydrogens is 226 g/mol. The zero-order valence-electron chi connectivity index (χ0n) is 12.2. The number of nitrogens with zero attached hydrogens (tertiary/aromatic N) is 1. The molecule has 2 N–H and O–H groups in total. The molecule has 0 aromatic heterocycles. The van der Waals surface area contributed by atoms with Crippen molar-refractivity contribution >= 4 is 0 Å². The zero-order valence-corrected chi connectivity index (χ0v) is 12.2. The molecule has 1 saturated heterocycles. The fraction of sp³-hybridized carbons (Fsp3) is 1.00. The standard InChI is InChI=1S/C14H31N3O/c1-3-14(2)18-13-5-7-15-6-4-10-17-11-8-16-9-12-17/h14-16H,3-13H2,1-2H3. The highest BCUT2D eigenvalue weighted by molar-refractivity contribution is 4.67. The summed E-state index contributed by atoms with van der Waals surface area (Å²) in [6, 6.07) is 0. The van der Waals surface area contributed by atoms with E-state index in [1.54, 1.807) is 0 Å². The maximum absolute atomic E-state index is 5.64. The summed E-state index contributed by atoms with van der Waals surface area (Å²) in [4.78, 5) is 2.55. The summed E-state index contributed by atoms with van der Waals surface area (Å²) in [7, 11) is 0. The third kappa shape index (κ3) is 8.03. The number of rotatable bonds is 10. The van der Waals surface area contributed by atoms with Crippen LogP contribution in [0.5, 0.6) is 0 Å². The molecule has 4 nitrogen and oxygen atoms in total. The van der Waals surface area contributed by atoms with Gasteiger partial charge in [-0.25, -0.2) is 0 Å². The average Bonchev–Trinajstić information content (AvgIpc) is 2.42. The van der Waals surface area contributed by atoms with Crippen LogP contribution in [0.25, 0.3) is 0 Å². The van der Waals surface area contributed by atoms with E-state index in [0.717, 1.165) is 45.6 Å². The second kappa shape index (κ2) is 10.7. The molecule has 0 amide bonds. The average molecular weight is 257 g/mol. The van der Waals surface area contributed by atoms with Gasteiger partial charge in [0.05, 0.1) is 6.10 Å². The van der Waals surface area contributed by atoms with Crippen molar-refractivity contribution in [3.63, 3.8) is 0 Å². The van der Waals surface area contributed by atoms with Gasteiger partial charge >= 0.3 is 0 Å². The summed E-state index contributed by atoms with van der Waals surface area (Å²) < 4.78 is 5.64. The Morgan fingerprint density at radius 3 is 2.67 bits per heavy atom. The summed E-state index contributed by atoms with van der Waals surface area (Å²) in [5.74, 6) is 0. The van der Waals surface area contributed by atoms with Gasteiger partial charge in [-0.15, -0.1) is 0 Å². The van der Waals surface area contributed by atoms with E-state index in [0.29, 0.717) is 6.10 Å². The summed E-state index contributed by atoms with van der Waals surface area (Å²) >= 11 is 0. The fourth-order valence-electron chi connectivity index (χ4n) is 2.09. The van der Waals surface area contributed by atoms with Crippen molar-refractivity contribution in [3.05, 3.63) is 0 Å². The van der Waals surface area contributed by atoms with Crippen LogP contribution < -0.4 is 10.6 Å². The molecule has 0 bridgehead atoms. The van der Waals surface area contributed by atoms with Crippen molar-refractivity contribution in [2.75, 3.05) is 52.4 Å². The van der Waals surface area contributed by atoms with E-state index >= 15 is 0 Å². The second-order valence-electron chi connectivity index (χ2n) is 5.14. The molecule has 1 heterocycles. The third-order valence-electron chi connectivity index (χ3n) is 3.51. The van der Waals surface area contributed by atoms with E-state index < -0.39 is 0 Å². The van der Waals surface area contributed by atoms with E-state index in [4.69, 9.17) is 4.74 Å². The zero-order chi connectivity index (χ0) is 13.1. The first kappa shape index (κ1) is 15.9. The Balaban J connectivity index is 1.78. The summed E-state index contributed by atoms with van der Waals surface area (Å²) in [6.45, 7) is 13.4.